The number of benzene rings is 1. The molecule has 460 valence electrons. The molecule has 0 aliphatic carbocycles. The molecule has 2 saturated heterocycles. The molecule has 19 nitrogen and oxygen atoms in total. The Bertz CT molecular complexity index is 2180. The lowest BCUT2D eigenvalue weighted by molar-refractivity contribution is -0.273. The van der Waals surface area contributed by atoms with Crippen LogP contribution in [0, 0.1) is 52.8 Å². The first-order valence-corrected chi connectivity index (χ1v) is 28.4. The second kappa shape index (κ2) is 37.0. The molecular weight excluding hydrogens is 1080 g/mol. The second-order valence-electron chi connectivity index (χ2n) is 21.1. The van der Waals surface area contributed by atoms with E-state index < -0.39 is 108 Å². The Kier molecular flexibility index (Phi) is 31.9. The summed E-state index contributed by atoms with van der Waals surface area (Å²) in [5.74, 6) is -17.2. The molecule has 11 atom stereocenters. The van der Waals surface area contributed by atoms with Gasteiger partial charge in [-0.2, -0.15) is 8.78 Å². The summed E-state index contributed by atoms with van der Waals surface area (Å²) in [5, 5.41) is 5.83. The zero-order chi connectivity index (χ0) is 60.2. The summed E-state index contributed by atoms with van der Waals surface area (Å²) in [5.41, 5.74) is 0. The van der Waals surface area contributed by atoms with Crippen LogP contribution in [0.2, 0.25) is 0 Å². The lowest BCUT2D eigenvalue weighted by Gasteiger charge is -2.43. The Balaban J connectivity index is 1.42. The van der Waals surface area contributed by atoms with Crippen LogP contribution in [0.25, 0.3) is 0 Å². The van der Waals surface area contributed by atoms with Crippen LogP contribution in [0.4, 0.5) is 22.0 Å². The quantitative estimate of drug-likeness (QED) is 0.0120. The minimum atomic E-state index is -2.36. The average molecular weight is 1170 g/mol. The maximum Gasteiger partial charge on any atom is 0.311 e. The van der Waals surface area contributed by atoms with E-state index in [9.17, 15) is 60.3 Å². The van der Waals surface area contributed by atoms with Gasteiger partial charge in [0.05, 0.1) is 6.04 Å². The minimum Gasteiger partial charge on any atom is -0.463 e. The third-order valence-corrected chi connectivity index (χ3v) is 14.5. The highest BCUT2D eigenvalue weighted by Crippen LogP contribution is 2.36. The van der Waals surface area contributed by atoms with E-state index in [2.05, 4.69) is 15.4 Å². The van der Waals surface area contributed by atoms with Crippen molar-refractivity contribution in [3.63, 3.8) is 0 Å². The van der Waals surface area contributed by atoms with E-state index in [1.54, 1.807) is 0 Å². The summed E-state index contributed by atoms with van der Waals surface area (Å²) in [7, 11) is 0. The number of ether oxygens (including phenoxy) is 9. The van der Waals surface area contributed by atoms with Gasteiger partial charge in [0.1, 0.15) is 37.6 Å². The monoisotopic (exact) mass is 1160 g/mol. The van der Waals surface area contributed by atoms with Crippen molar-refractivity contribution in [3.05, 3.63) is 29.1 Å². The molecule has 2 fully saturated rings. The SMILES string of the molecule is CC(=O)OCC1OC(OCCCCCC(=O)NCCCC[C@H](NC(=O)CCCCCOC2OC(COC(C)=O)C(OC(C)=O)C(C)C2C)C(=O)CCCCCCCCC(=O)Oc2c(F)c(F)c(F)c(F)c2F)C(C)C(C)C1OC(C)=O. The zero-order valence-corrected chi connectivity index (χ0v) is 48.2. The molecule has 10 unspecified atom stereocenters. The average Bonchev–Trinajstić information content (AvgIpc) is 3.50. The Labute approximate surface area is 471 Å². The Morgan fingerprint density at radius 1 is 0.481 bits per heavy atom. The summed E-state index contributed by atoms with van der Waals surface area (Å²) < 4.78 is 118. The first-order chi connectivity index (χ1) is 38.4. The standard InChI is InChI=1S/C57H85F5N2O17/c1-33-35(3)56(79-43(31-75-37(5)65)53(33)77-39(7)67)73-29-21-13-16-25-45(70)63-28-20-19-23-41(42(69)24-15-11-9-10-12-18-27-47(72)81-55-51(61)49(59)48(58)50(60)52(55)62)64-46(71)26-17-14-22-30-74-57-36(4)34(2)54(78-40(8)68)44(80-57)32-76-38(6)66/h33-36,41,43-44,53-54,56-57H,9-32H2,1-8H3,(H,63,70)(H,64,71)/t33?,34?,35?,36?,41-,43?,44?,53?,54?,56?,57?/m0/s1. The van der Waals surface area contributed by atoms with Crippen LogP contribution in [-0.4, -0.2) is 123 Å². The third-order valence-electron chi connectivity index (χ3n) is 14.5. The second-order valence-corrected chi connectivity index (χ2v) is 21.1. The number of rotatable bonds is 37. The van der Waals surface area contributed by atoms with Crippen molar-refractivity contribution >= 4 is 47.4 Å². The molecular formula is C57H85F5N2O17. The summed E-state index contributed by atoms with van der Waals surface area (Å²) >= 11 is 0. The van der Waals surface area contributed by atoms with Crippen LogP contribution < -0.4 is 15.4 Å². The van der Waals surface area contributed by atoms with Crippen molar-refractivity contribution in [3.8, 4) is 5.75 Å². The fraction of sp³-hybridized carbons (Fsp3) is 0.754. The highest BCUT2D eigenvalue weighted by molar-refractivity contribution is 5.89. The molecule has 2 aliphatic rings. The molecule has 1 aromatic rings. The zero-order valence-electron chi connectivity index (χ0n) is 48.2. The Morgan fingerprint density at radius 2 is 0.901 bits per heavy atom. The van der Waals surface area contributed by atoms with Gasteiger partial charge in [-0.25, -0.2) is 13.2 Å². The van der Waals surface area contributed by atoms with Crippen LogP contribution in [-0.2, 0) is 76.3 Å². The van der Waals surface area contributed by atoms with E-state index in [1.165, 1.54) is 27.7 Å². The molecule has 2 heterocycles. The highest BCUT2D eigenvalue weighted by Gasteiger charge is 2.46. The molecule has 24 heteroatoms. The van der Waals surface area contributed by atoms with Crippen molar-refractivity contribution in [1.82, 2.24) is 10.6 Å². The van der Waals surface area contributed by atoms with Gasteiger partial charge < -0.3 is 53.3 Å². The Hall–Kier alpha value is -5.33. The van der Waals surface area contributed by atoms with E-state index in [4.69, 9.17) is 37.9 Å². The van der Waals surface area contributed by atoms with Crippen LogP contribution in [0.3, 0.4) is 0 Å². The van der Waals surface area contributed by atoms with Gasteiger partial charge in [-0.1, -0.05) is 66.2 Å². The van der Waals surface area contributed by atoms with E-state index in [0.717, 1.165) is 0 Å². The van der Waals surface area contributed by atoms with E-state index in [-0.39, 0.29) is 80.2 Å². The van der Waals surface area contributed by atoms with Gasteiger partial charge in [-0.3, -0.25) is 38.4 Å². The number of carbonyl (C=O) groups is 8. The number of hydrogen-bond donors (Lipinski definition) is 2. The highest BCUT2D eigenvalue weighted by atomic mass is 19.2. The summed E-state index contributed by atoms with van der Waals surface area (Å²) in [4.78, 5) is 98.1. The molecule has 81 heavy (non-hydrogen) atoms. The number of carbonyl (C=O) groups excluding carboxylic acids is 8. The fourth-order valence-corrected chi connectivity index (χ4v) is 9.50. The summed E-state index contributed by atoms with van der Waals surface area (Å²) in [6.07, 6.45) is 4.70. The third kappa shape index (κ3) is 25.0. The molecule has 3 rings (SSSR count). The maximum atomic E-state index is 13.9. The lowest BCUT2D eigenvalue weighted by Crippen LogP contribution is -2.53. The number of ketones is 1. The van der Waals surface area contributed by atoms with Gasteiger partial charge >= 0.3 is 29.8 Å². The van der Waals surface area contributed by atoms with Gasteiger partial charge in [0.25, 0.3) is 0 Å². The molecule has 1 aromatic carbocycles. The smallest absolute Gasteiger partial charge is 0.311 e. The lowest BCUT2D eigenvalue weighted by atomic mass is 9.84. The predicted octanol–water partition coefficient (Wildman–Crippen LogP) is 8.89. The first-order valence-electron chi connectivity index (χ1n) is 28.4. The molecule has 2 aliphatic heterocycles. The topological polar surface area (TPSA) is 244 Å². The van der Waals surface area contributed by atoms with Gasteiger partial charge in [0, 0.05) is 96.8 Å². The number of hydrogen-bond acceptors (Lipinski definition) is 17. The van der Waals surface area contributed by atoms with Crippen molar-refractivity contribution in [2.45, 2.75) is 220 Å². The minimum absolute atomic E-state index is 0.0849. The molecule has 2 N–H and O–H groups in total. The number of Topliss-reactive ketones (excluding diaryl/α,β-unsaturated/α-hetero) is 1. The van der Waals surface area contributed by atoms with Crippen LogP contribution in [0.1, 0.15) is 177 Å². The molecule has 0 aromatic heterocycles. The van der Waals surface area contributed by atoms with Gasteiger partial charge in [0.2, 0.25) is 46.6 Å². The number of esters is 5. The molecule has 0 radical (unpaired) electrons. The molecule has 0 spiro atoms. The fourth-order valence-electron chi connectivity index (χ4n) is 9.50. The number of amides is 2. The van der Waals surface area contributed by atoms with Crippen molar-refractivity contribution in [1.29, 1.82) is 0 Å². The normalized spacial score (nSPS) is 22.9. The van der Waals surface area contributed by atoms with Gasteiger partial charge in [0.15, 0.2) is 18.4 Å². The number of halogens is 5. The molecule has 0 bridgehead atoms. The van der Waals surface area contributed by atoms with Gasteiger partial charge in [-0.05, 0) is 57.8 Å². The Morgan fingerprint density at radius 3 is 1.37 bits per heavy atom. The van der Waals surface area contributed by atoms with Crippen LogP contribution in [0.5, 0.6) is 5.75 Å². The van der Waals surface area contributed by atoms with E-state index in [1.807, 2.05) is 27.7 Å². The number of nitrogens with one attached hydrogen (secondary N) is 2. The molecule has 0 saturated carbocycles. The summed E-state index contributed by atoms with van der Waals surface area (Å²) in [6.45, 7) is 13.7. The van der Waals surface area contributed by atoms with Crippen molar-refractivity contribution < 1.29 is 103 Å². The van der Waals surface area contributed by atoms with Crippen molar-refractivity contribution in [2.75, 3.05) is 33.0 Å². The summed E-state index contributed by atoms with van der Waals surface area (Å²) in [6, 6.07) is -0.759. The van der Waals surface area contributed by atoms with E-state index in [0.29, 0.717) is 116 Å². The van der Waals surface area contributed by atoms with Crippen molar-refractivity contribution in [2.24, 2.45) is 23.7 Å². The maximum absolute atomic E-state index is 13.9. The van der Waals surface area contributed by atoms with E-state index >= 15 is 0 Å². The first kappa shape index (κ1) is 69.9. The van der Waals surface area contributed by atoms with Crippen LogP contribution >= 0.6 is 0 Å². The van der Waals surface area contributed by atoms with Gasteiger partial charge in [-0.15, -0.1) is 0 Å². The molecule has 2 amide bonds. The van der Waals surface area contributed by atoms with Crippen LogP contribution in [0.15, 0.2) is 0 Å². The largest absolute Gasteiger partial charge is 0.463 e. The predicted molar refractivity (Wildman–Crippen MR) is 280 cm³/mol. The number of unbranched alkanes of at least 4 members (excludes halogenated alkanes) is 10.